The van der Waals surface area contributed by atoms with Gasteiger partial charge in [0, 0.05) is 25.6 Å². The van der Waals surface area contributed by atoms with Crippen molar-refractivity contribution in [3.05, 3.63) is 36.9 Å². The lowest BCUT2D eigenvalue weighted by molar-refractivity contribution is 0.104. The molecule has 0 saturated heterocycles. The lowest BCUT2D eigenvalue weighted by Gasteiger charge is -2.15. The highest BCUT2D eigenvalue weighted by molar-refractivity contribution is 5.31. The summed E-state index contributed by atoms with van der Waals surface area (Å²) >= 11 is 0. The topological polar surface area (TPSA) is 81.4 Å². The molecule has 0 aliphatic rings. The molecule has 0 bridgehead atoms. The second-order valence-electron chi connectivity index (χ2n) is 5.86. The van der Waals surface area contributed by atoms with E-state index in [0.717, 1.165) is 18.7 Å². The van der Waals surface area contributed by atoms with Gasteiger partial charge < -0.3 is 19.9 Å². The van der Waals surface area contributed by atoms with E-state index in [0.29, 0.717) is 24.9 Å². The molecule has 1 heterocycles. The van der Waals surface area contributed by atoms with Gasteiger partial charge in [0.1, 0.15) is 36.9 Å². The summed E-state index contributed by atoms with van der Waals surface area (Å²) < 4.78 is 13.0. The molecule has 0 fully saturated rings. The summed E-state index contributed by atoms with van der Waals surface area (Å²) in [6.45, 7) is 6.25. The monoisotopic (exact) mass is 334 g/mol. The summed E-state index contributed by atoms with van der Waals surface area (Å²) in [4.78, 5) is 3.89. The zero-order valence-corrected chi connectivity index (χ0v) is 14.3. The number of nitrogens with one attached hydrogen (secondary N) is 1. The minimum absolute atomic E-state index is 0.262. The zero-order valence-electron chi connectivity index (χ0n) is 14.3. The van der Waals surface area contributed by atoms with Gasteiger partial charge in [0.25, 0.3) is 0 Å². The van der Waals surface area contributed by atoms with E-state index < -0.39 is 6.10 Å². The van der Waals surface area contributed by atoms with Gasteiger partial charge in [0.05, 0.1) is 6.61 Å². The number of aryl methyl sites for hydroxylation is 1. The van der Waals surface area contributed by atoms with E-state index >= 15 is 0 Å². The molecule has 0 radical (unpaired) electrons. The van der Waals surface area contributed by atoms with Crippen LogP contribution in [0.2, 0.25) is 0 Å². The molecule has 132 valence electrons. The standard InChI is InChI=1S/C17H26N4O3/c1-14(2)19-10-15(22)11-24-17-6-4-16(5-7-17)23-9-3-8-21-13-18-12-20-21/h4-7,12-15,19,22H,3,8-11H2,1-2H3. The Morgan fingerprint density at radius 1 is 1.17 bits per heavy atom. The average molecular weight is 334 g/mol. The van der Waals surface area contributed by atoms with Crippen molar-refractivity contribution >= 4 is 0 Å². The van der Waals surface area contributed by atoms with Gasteiger partial charge in [-0.2, -0.15) is 5.10 Å². The Hall–Kier alpha value is -2.12. The number of aliphatic hydroxyl groups excluding tert-OH is 1. The molecule has 1 aromatic heterocycles. The summed E-state index contributed by atoms with van der Waals surface area (Å²) in [5.41, 5.74) is 0. The predicted molar refractivity (Wildman–Crippen MR) is 91.2 cm³/mol. The van der Waals surface area contributed by atoms with Gasteiger partial charge in [-0.05, 0) is 24.3 Å². The number of ether oxygens (including phenoxy) is 2. The summed E-state index contributed by atoms with van der Waals surface area (Å²) in [6, 6.07) is 7.76. The lowest BCUT2D eigenvalue weighted by atomic mass is 10.3. The molecule has 2 rings (SSSR count). The van der Waals surface area contributed by atoms with Crippen molar-refractivity contribution in [2.45, 2.75) is 39.0 Å². The molecule has 1 atom stereocenters. The highest BCUT2D eigenvalue weighted by atomic mass is 16.5. The van der Waals surface area contributed by atoms with Crippen molar-refractivity contribution < 1.29 is 14.6 Å². The molecule has 2 aromatic rings. The molecule has 0 saturated carbocycles. The Morgan fingerprint density at radius 2 is 1.88 bits per heavy atom. The number of benzene rings is 1. The summed E-state index contributed by atoms with van der Waals surface area (Å²) in [5.74, 6) is 1.51. The van der Waals surface area contributed by atoms with Crippen molar-refractivity contribution in [1.82, 2.24) is 20.1 Å². The van der Waals surface area contributed by atoms with Gasteiger partial charge in [0.2, 0.25) is 0 Å². The van der Waals surface area contributed by atoms with Gasteiger partial charge >= 0.3 is 0 Å². The highest BCUT2D eigenvalue weighted by Crippen LogP contribution is 2.17. The molecule has 1 aromatic carbocycles. The Morgan fingerprint density at radius 3 is 2.50 bits per heavy atom. The van der Waals surface area contributed by atoms with E-state index in [1.54, 1.807) is 11.0 Å². The largest absolute Gasteiger partial charge is 0.494 e. The van der Waals surface area contributed by atoms with Crippen LogP contribution in [-0.4, -0.2) is 51.8 Å². The minimum atomic E-state index is -0.528. The first-order valence-corrected chi connectivity index (χ1v) is 8.23. The van der Waals surface area contributed by atoms with Crippen LogP contribution in [0.3, 0.4) is 0 Å². The minimum Gasteiger partial charge on any atom is -0.494 e. The van der Waals surface area contributed by atoms with Crippen LogP contribution in [0.15, 0.2) is 36.9 Å². The second kappa shape index (κ2) is 9.89. The quantitative estimate of drug-likeness (QED) is 0.606. The first-order valence-electron chi connectivity index (χ1n) is 8.23. The van der Waals surface area contributed by atoms with Crippen LogP contribution in [0.25, 0.3) is 0 Å². The molecule has 7 nitrogen and oxygen atoms in total. The van der Waals surface area contributed by atoms with Crippen molar-refractivity contribution in [3.8, 4) is 11.5 Å². The SMILES string of the molecule is CC(C)NCC(O)COc1ccc(OCCCn2cncn2)cc1. The van der Waals surface area contributed by atoms with Crippen molar-refractivity contribution in [2.75, 3.05) is 19.8 Å². The first kappa shape index (κ1) is 18.2. The Labute approximate surface area is 142 Å². The number of aliphatic hydroxyl groups is 1. The van der Waals surface area contributed by atoms with E-state index in [1.165, 1.54) is 6.33 Å². The van der Waals surface area contributed by atoms with E-state index in [-0.39, 0.29) is 6.61 Å². The molecule has 0 spiro atoms. The molecule has 0 aliphatic carbocycles. The summed E-state index contributed by atoms with van der Waals surface area (Å²) in [6.07, 6.45) is 3.55. The maximum Gasteiger partial charge on any atom is 0.137 e. The van der Waals surface area contributed by atoms with Crippen LogP contribution in [0, 0.1) is 0 Å². The third kappa shape index (κ3) is 6.97. The smallest absolute Gasteiger partial charge is 0.137 e. The van der Waals surface area contributed by atoms with Crippen LogP contribution >= 0.6 is 0 Å². The number of rotatable bonds is 11. The molecule has 0 amide bonds. The third-order valence-electron chi connectivity index (χ3n) is 3.29. The van der Waals surface area contributed by atoms with Gasteiger partial charge in [0.15, 0.2) is 0 Å². The zero-order chi connectivity index (χ0) is 17.2. The maximum atomic E-state index is 9.81. The molecule has 24 heavy (non-hydrogen) atoms. The normalized spacial score (nSPS) is 12.3. The molecule has 1 unspecified atom stereocenters. The predicted octanol–water partition coefficient (Wildman–Crippen LogP) is 1.48. The lowest BCUT2D eigenvalue weighted by Crippen LogP contribution is -2.35. The Bertz CT molecular complexity index is 558. The number of hydrogen-bond donors (Lipinski definition) is 2. The Balaban J connectivity index is 1.63. The number of aromatic nitrogens is 3. The average Bonchev–Trinajstić information content (AvgIpc) is 3.09. The van der Waals surface area contributed by atoms with E-state index in [1.807, 2.05) is 38.1 Å². The Kier molecular flexibility index (Phi) is 7.51. The van der Waals surface area contributed by atoms with Crippen molar-refractivity contribution in [1.29, 1.82) is 0 Å². The fourth-order valence-corrected chi connectivity index (χ4v) is 2.02. The molecule has 0 aliphatic heterocycles. The van der Waals surface area contributed by atoms with Crippen LogP contribution in [0.5, 0.6) is 11.5 Å². The van der Waals surface area contributed by atoms with Crippen LogP contribution in [0.1, 0.15) is 20.3 Å². The fraction of sp³-hybridized carbons (Fsp3) is 0.529. The van der Waals surface area contributed by atoms with Gasteiger partial charge in [-0.25, -0.2) is 4.98 Å². The molecular weight excluding hydrogens is 308 g/mol. The van der Waals surface area contributed by atoms with E-state index in [9.17, 15) is 5.11 Å². The van der Waals surface area contributed by atoms with Crippen molar-refractivity contribution in [3.63, 3.8) is 0 Å². The summed E-state index contributed by atoms with van der Waals surface area (Å²) in [5, 5.41) is 17.0. The number of nitrogens with zero attached hydrogens (tertiary/aromatic N) is 3. The molecule has 7 heteroatoms. The number of hydrogen-bond acceptors (Lipinski definition) is 6. The van der Waals surface area contributed by atoms with Crippen LogP contribution in [-0.2, 0) is 6.54 Å². The van der Waals surface area contributed by atoms with Crippen LogP contribution < -0.4 is 14.8 Å². The maximum absolute atomic E-state index is 9.81. The fourth-order valence-electron chi connectivity index (χ4n) is 2.02. The first-order chi connectivity index (χ1) is 11.6. The van der Waals surface area contributed by atoms with E-state index in [2.05, 4.69) is 15.4 Å². The van der Waals surface area contributed by atoms with Crippen LogP contribution in [0.4, 0.5) is 0 Å². The molecular formula is C17H26N4O3. The van der Waals surface area contributed by atoms with Gasteiger partial charge in [-0.1, -0.05) is 13.8 Å². The van der Waals surface area contributed by atoms with E-state index in [4.69, 9.17) is 9.47 Å². The third-order valence-corrected chi connectivity index (χ3v) is 3.29. The second-order valence-corrected chi connectivity index (χ2v) is 5.86. The molecule has 2 N–H and O–H groups in total. The van der Waals surface area contributed by atoms with Gasteiger partial charge in [-0.15, -0.1) is 0 Å². The summed E-state index contributed by atoms with van der Waals surface area (Å²) in [7, 11) is 0. The highest BCUT2D eigenvalue weighted by Gasteiger charge is 2.06. The van der Waals surface area contributed by atoms with Crippen molar-refractivity contribution in [2.24, 2.45) is 0 Å². The van der Waals surface area contributed by atoms with Gasteiger partial charge in [-0.3, -0.25) is 4.68 Å².